The first-order valence-corrected chi connectivity index (χ1v) is 8.19. The van der Waals surface area contributed by atoms with Crippen molar-refractivity contribution in [3.05, 3.63) is 79.0 Å². The van der Waals surface area contributed by atoms with E-state index in [2.05, 4.69) is 35.8 Å². The van der Waals surface area contributed by atoms with E-state index in [-0.39, 0.29) is 5.91 Å². The van der Waals surface area contributed by atoms with E-state index in [1.165, 1.54) is 0 Å². The molecule has 3 N–H and O–H groups in total. The predicted octanol–water partition coefficient (Wildman–Crippen LogP) is 3.26. The average molecular weight is 357 g/mol. The Morgan fingerprint density at radius 2 is 1.59 bits per heavy atom. The van der Waals surface area contributed by atoms with E-state index in [0.717, 1.165) is 11.3 Å². The number of benzene rings is 1. The van der Waals surface area contributed by atoms with E-state index >= 15 is 0 Å². The molecule has 132 valence electrons. The lowest BCUT2D eigenvalue weighted by Gasteiger charge is -2.06. The molecule has 1 aromatic carbocycles. The molecule has 3 aromatic heterocycles. The molecule has 4 rings (SSSR count). The number of carbonyl (C=O) groups excluding carboxylic acids is 1. The first-order chi connectivity index (χ1) is 13.3. The van der Waals surface area contributed by atoms with Crippen LogP contribution < -0.4 is 10.6 Å². The fourth-order valence-electron chi connectivity index (χ4n) is 2.44. The highest BCUT2D eigenvalue weighted by Gasteiger charge is 2.11. The summed E-state index contributed by atoms with van der Waals surface area (Å²) in [5, 5.41) is 12.8. The maximum atomic E-state index is 12.4. The molecule has 8 heteroatoms. The van der Waals surface area contributed by atoms with Gasteiger partial charge in [-0.2, -0.15) is 5.10 Å². The van der Waals surface area contributed by atoms with E-state index in [1.807, 2.05) is 24.3 Å². The predicted molar refractivity (Wildman–Crippen MR) is 102 cm³/mol. The summed E-state index contributed by atoms with van der Waals surface area (Å²) in [6.45, 7) is 0. The minimum Gasteiger partial charge on any atom is -0.324 e. The monoisotopic (exact) mass is 357 g/mol. The van der Waals surface area contributed by atoms with Crippen LogP contribution in [0.25, 0.3) is 11.3 Å². The molecular formula is C19H15N7O. The normalized spacial score (nSPS) is 10.4. The summed E-state index contributed by atoms with van der Waals surface area (Å²) in [5.74, 6) is 0.241. The first kappa shape index (κ1) is 16.4. The van der Waals surface area contributed by atoms with E-state index in [1.54, 1.807) is 49.1 Å². The van der Waals surface area contributed by atoms with Gasteiger partial charge in [0.2, 0.25) is 5.95 Å². The quantitative estimate of drug-likeness (QED) is 0.506. The minimum atomic E-state index is -0.269. The standard InChI is InChI=1S/C19H15N7O/c27-18(17-12-16(25-26-17)13-6-10-20-11-7-13)23-14-2-4-15(5-3-14)24-19-21-8-1-9-22-19/h1-12H,(H,23,27)(H,25,26)(H,21,22,24). The zero-order chi connectivity index (χ0) is 18.5. The molecule has 0 bridgehead atoms. The van der Waals surface area contributed by atoms with Crippen molar-refractivity contribution in [1.29, 1.82) is 0 Å². The number of hydrogen-bond donors (Lipinski definition) is 3. The maximum Gasteiger partial charge on any atom is 0.273 e. The fourth-order valence-corrected chi connectivity index (χ4v) is 2.44. The third-order valence-corrected chi connectivity index (χ3v) is 3.76. The van der Waals surface area contributed by atoms with Gasteiger partial charge in [-0.1, -0.05) is 0 Å². The van der Waals surface area contributed by atoms with Gasteiger partial charge < -0.3 is 10.6 Å². The van der Waals surface area contributed by atoms with Crippen LogP contribution in [0.3, 0.4) is 0 Å². The second-order valence-corrected chi connectivity index (χ2v) is 5.63. The van der Waals surface area contributed by atoms with Gasteiger partial charge in [0, 0.05) is 41.7 Å². The Morgan fingerprint density at radius 3 is 2.33 bits per heavy atom. The van der Waals surface area contributed by atoms with E-state index in [4.69, 9.17) is 0 Å². The third-order valence-electron chi connectivity index (χ3n) is 3.76. The molecule has 3 heterocycles. The summed E-state index contributed by atoms with van der Waals surface area (Å²) in [7, 11) is 0. The van der Waals surface area contributed by atoms with Crippen LogP contribution in [0.15, 0.2) is 73.3 Å². The molecule has 0 atom stereocenters. The summed E-state index contributed by atoms with van der Waals surface area (Å²) in [4.78, 5) is 24.6. The first-order valence-electron chi connectivity index (χ1n) is 8.19. The summed E-state index contributed by atoms with van der Waals surface area (Å²) in [5.41, 5.74) is 3.44. The summed E-state index contributed by atoms with van der Waals surface area (Å²) in [6, 6.07) is 14.4. The largest absolute Gasteiger partial charge is 0.324 e. The van der Waals surface area contributed by atoms with Crippen LogP contribution in [0.4, 0.5) is 17.3 Å². The van der Waals surface area contributed by atoms with Gasteiger partial charge >= 0.3 is 0 Å². The van der Waals surface area contributed by atoms with Gasteiger partial charge in [-0.15, -0.1) is 0 Å². The number of hydrogen-bond acceptors (Lipinski definition) is 6. The van der Waals surface area contributed by atoms with Crippen LogP contribution in [0.1, 0.15) is 10.5 Å². The highest BCUT2D eigenvalue weighted by Crippen LogP contribution is 2.19. The maximum absolute atomic E-state index is 12.4. The molecule has 1 amide bonds. The molecule has 0 aliphatic carbocycles. The van der Waals surface area contributed by atoms with Gasteiger partial charge in [0.1, 0.15) is 5.69 Å². The molecule has 0 saturated carbocycles. The number of H-pyrrole nitrogens is 1. The number of nitrogens with one attached hydrogen (secondary N) is 3. The zero-order valence-electron chi connectivity index (χ0n) is 14.1. The number of anilines is 3. The smallest absolute Gasteiger partial charge is 0.273 e. The second-order valence-electron chi connectivity index (χ2n) is 5.63. The van der Waals surface area contributed by atoms with Gasteiger partial charge in [-0.25, -0.2) is 9.97 Å². The fraction of sp³-hybridized carbons (Fsp3) is 0. The molecule has 0 radical (unpaired) electrons. The van der Waals surface area contributed by atoms with E-state index < -0.39 is 0 Å². The Balaban J connectivity index is 1.42. The van der Waals surface area contributed by atoms with Crippen LogP contribution in [-0.2, 0) is 0 Å². The molecule has 8 nitrogen and oxygen atoms in total. The zero-order valence-corrected chi connectivity index (χ0v) is 14.1. The lowest BCUT2D eigenvalue weighted by Crippen LogP contribution is -2.12. The molecule has 0 aliphatic heterocycles. The van der Waals surface area contributed by atoms with Crippen molar-refractivity contribution in [2.24, 2.45) is 0 Å². The number of rotatable bonds is 5. The summed E-state index contributed by atoms with van der Waals surface area (Å²) >= 11 is 0. The van der Waals surface area contributed by atoms with Crippen molar-refractivity contribution < 1.29 is 4.79 Å². The Hall–Kier alpha value is -4.07. The molecule has 4 aromatic rings. The molecule has 27 heavy (non-hydrogen) atoms. The van der Waals surface area contributed by atoms with Crippen LogP contribution in [0.2, 0.25) is 0 Å². The third kappa shape index (κ3) is 3.96. The molecule has 0 saturated heterocycles. The van der Waals surface area contributed by atoms with Crippen molar-refractivity contribution in [3.8, 4) is 11.3 Å². The molecule has 0 aliphatic rings. The van der Waals surface area contributed by atoms with Crippen molar-refractivity contribution in [2.45, 2.75) is 0 Å². The number of aromatic amines is 1. The minimum absolute atomic E-state index is 0.269. The topological polar surface area (TPSA) is 108 Å². The molecule has 0 fully saturated rings. The summed E-state index contributed by atoms with van der Waals surface area (Å²) < 4.78 is 0. The van der Waals surface area contributed by atoms with E-state index in [0.29, 0.717) is 23.0 Å². The van der Waals surface area contributed by atoms with Gasteiger partial charge in [0.05, 0.1) is 5.69 Å². The highest BCUT2D eigenvalue weighted by molar-refractivity contribution is 6.03. The van der Waals surface area contributed by atoms with Crippen LogP contribution in [-0.4, -0.2) is 31.1 Å². The number of nitrogens with zero attached hydrogens (tertiary/aromatic N) is 4. The van der Waals surface area contributed by atoms with Crippen molar-refractivity contribution >= 4 is 23.2 Å². The van der Waals surface area contributed by atoms with Crippen LogP contribution in [0.5, 0.6) is 0 Å². The lowest BCUT2D eigenvalue weighted by atomic mass is 10.2. The number of amides is 1. The Morgan fingerprint density at radius 1 is 0.889 bits per heavy atom. The average Bonchev–Trinajstić information content (AvgIpc) is 3.21. The number of pyridine rings is 1. The lowest BCUT2D eigenvalue weighted by molar-refractivity contribution is 0.102. The Kier molecular flexibility index (Phi) is 4.52. The second kappa shape index (κ2) is 7.44. The van der Waals surface area contributed by atoms with Crippen molar-refractivity contribution in [2.75, 3.05) is 10.6 Å². The van der Waals surface area contributed by atoms with Gasteiger partial charge in [0.25, 0.3) is 5.91 Å². The molecule has 0 spiro atoms. The number of carbonyl (C=O) groups is 1. The Bertz CT molecular complexity index is 1030. The SMILES string of the molecule is O=C(Nc1ccc(Nc2ncccn2)cc1)c1cc(-c2ccncc2)n[nH]1. The number of aromatic nitrogens is 5. The van der Waals surface area contributed by atoms with Gasteiger partial charge in [-0.05, 0) is 48.5 Å². The van der Waals surface area contributed by atoms with Crippen molar-refractivity contribution in [1.82, 2.24) is 25.1 Å². The van der Waals surface area contributed by atoms with Crippen LogP contribution >= 0.6 is 0 Å². The van der Waals surface area contributed by atoms with E-state index in [9.17, 15) is 4.79 Å². The van der Waals surface area contributed by atoms with Crippen LogP contribution in [0, 0.1) is 0 Å². The Labute approximate surface area is 154 Å². The van der Waals surface area contributed by atoms with Gasteiger partial charge in [0.15, 0.2) is 0 Å². The van der Waals surface area contributed by atoms with Gasteiger partial charge in [-0.3, -0.25) is 14.9 Å². The highest BCUT2D eigenvalue weighted by atomic mass is 16.1. The summed E-state index contributed by atoms with van der Waals surface area (Å²) in [6.07, 6.45) is 6.68. The van der Waals surface area contributed by atoms with Crippen molar-refractivity contribution in [3.63, 3.8) is 0 Å². The molecule has 0 unspecified atom stereocenters. The molecular weight excluding hydrogens is 342 g/mol.